The van der Waals surface area contributed by atoms with Crippen LogP contribution in [-0.4, -0.2) is 18.4 Å². The summed E-state index contributed by atoms with van der Waals surface area (Å²) in [4.78, 5) is 0. The predicted octanol–water partition coefficient (Wildman–Crippen LogP) is 1.25. The Labute approximate surface area is 91.8 Å². The molecule has 2 aliphatic rings. The molecule has 0 bridgehead atoms. The molecule has 0 aromatic heterocycles. The van der Waals surface area contributed by atoms with E-state index in [2.05, 4.69) is 0 Å². The maximum Gasteiger partial charge on any atom is 0.231 e. The zero-order valence-electron chi connectivity index (χ0n) is 8.62. The minimum atomic E-state index is -0.682. The Morgan fingerprint density at radius 2 is 2.19 bits per heavy atom. The van der Waals surface area contributed by atoms with E-state index in [0.29, 0.717) is 23.6 Å². The average molecular weight is 225 g/mol. The lowest BCUT2D eigenvalue weighted by atomic mass is 9.93. The van der Waals surface area contributed by atoms with E-state index in [-0.39, 0.29) is 18.0 Å². The monoisotopic (exact) mass is 225 g/mol. The van der Waals surface area contributed by atoms with E-state index in [1.165, 1.54) is 0 Å². The molecule has 4 nitrogen and oxygen atoms in total. The molecule has 16 heavy (non-hydrogen) atoms. The standard InChI is InChI=1S/C11H12FNO3/c12-6-3-7-10(16-5-15-7)8(9(6)14)11(4-13)1-2-11/h3,14H,1-2,4-5,13H2. The van der Waals surface area contributed by atoms with E-state index < -0.39 is 5.82 Å². The van der Waals surface area contributed by atoms with Crippen molar-refractivity contribution in [2.24, 2.45) is 5.73 Å². The zero-order chi connectivity index (χ0) is 11.3. The normalized spacial score (nSPS) is 19.9. The van der Waals surface area contributed by atoms with Crippen LogP contribution < -0.4 is 15.2 Å². The van der Waals surface area contributed by atoms with Crippen molar-refractivity contribution in [2.75, 3.05) is 13.3 Å². The summed E-state index contributed by atoms with van der Waals surface area (Å²) in [5, 5.41) is 9.80. The highest BCUT2D eigenvalue weighted by molar-refractivity contribution is 5.60. The van der Waals surface area contributed by atoms with Crippen molar-refractivity contribution in [1.29, 1.82) is 0 Å². The summed E-state index contributed by atoms with van der Waals surface area (Å²) < 4.78 is 23.9. The van der Waals surface area contributed by atoms with Gasteiger partial charge in [-0.15, -0.1) is 0 Å². The van der Waals surface area contributed by atoms with Crippen LogP contribution in [0.15, 0.2) is 6.07 Å². The molecular formula is C11H12FNO3. The van der Waals surface area contributed by atoms with Crippen molar-refractivity contribution >= 4 is 0 Å². The van der Waals surface area contributed by atoms with Crippen molar-refractivity contribution in [3.05, 3.63) is 17.4 Å². The Morgan fingerprint density at radius 1 is 1.44 bits per heavy atom. The summed E-state index contributed by atoms with van der Waals surface area (Å²) >= 11 is 0. The molecule has 1 aromatic carbocycles. The quantitative estimate of drug-likeness (QED) is 0.795. The predicted molar refractivity (Wildman–Crippen MR) is 54.2 cm³/mol. The molecule has 0 unspecified atom stereocenters. The highest BCUT2D eigenvalue weighted by Gasteiger charge is 2.49. The van der Waals surface area contributed by atoms with Crippen LogP contribution in [-0.2, 0) is 5.41 Å². The van der Waals surface area contributed by atoms with Gasteiger partial charge in [0.15, 0.2) is 23.1 Å². The lowest BCUT2D eigenvalue weighted by Gasteiger charge is -2.17. The van der Waals surface area contributed by atoms with E-state index in [1.54, 1.807) is 0 Å². The van der Waals surface area contributed by atoms with Gasteiger partial charge in [-0.25, -0.2) is 4.39 Å². The molecule has 1 heterocycles. The van der Waals surface area contributed by atoms with Crippen molar-refractivity contribution in [2.45, 2.75) is 18.3 Å². The largest absolute Gasteiger partial charge is 0.505 e. The van der Waals surface area contributed by atoms with E-state index in [9.17, 15) is 9.50 Å². The average Bonchev–Trinajstić information content (AvgIpc) is 2.93. The topological polar surface area (TPSA) is 64.7 Å². The lowest BCUT2D eigenvalue weighted by molar-refractivity contribution is 0.172. The van der Waals surface area contributed by atoms with Crippen LogP contribution in [0.3, 0.4) is 0 Å². The Kier molecular flexibility index (Phi) is 1.83. The molecule has 0 amide bonds. The van der Waals surface area contributed by atoms with Gasteiger partial charge in [0, 0.05) is 18.0 Å². The number of benzene rings is 1. The summed E-state index contributed by atoms with van der Waals surface area (Å²) in [5.41, 5.74) is 5.83. The first kappa shape index (κ1) is 9.72. The molecule has 1 aromatic rings. The third-order valence-corrected chi connectivity index (χ3v) is 3.36. The van der Waals surface area contributed by atoms with Crippen LogP contribution in [0.2, 0.25) is 0 Å². The summed E-state index contributed by atoms with van der Waals surface area (Å²) in [5.74, 6) is -0.238. The first-order valence-corrected chi connectivity index (χ1v) is 5.19. The second-order valence-corrected chi connectivity index (χ2v) is 4.30. The van der Waals surface area contributed by atoms with Crippen LogP contribution in [0.1, 0.15) is 18.4 Å². The van der Waals surface area contributed by atoms with Crippen molar-refractivity contribution in [1.82, 2.24) is 0 Å². The summed E-state index contributed by atoms with van der Waals surface area (Å²) in [7, 11) is 0. The number of fused-ring (bicyclic) bond motifs is 1. The van der Waals surface area contributed by atoms with Crippen LogP contribution in [0.5, 0.6) is 17.2 Å². The van der Waals surface area contributed by atoms with Crippen molar-refractivity contribution < 1.29 is 19.0 Å². The van der Waals surface area contributed by atoms with Crippen LogP contribution >= 0.6 is 0 Å². The lowest BCUT2D eigenvalue weighted by Crippen LogP contribution is -2.20. The molecule has 3 N–H and O–H groups in total. The Bertz CT molecular complexity index is 457. The van der Waals surface area contributed by atoms with Crippen LogP contribution in [0.25, 0.3) is 0 Å². The molecule has 5 heteroatoms. The molecule has 1 fully saturated rings. The fraction of sp³-hybridized carbons (Fsp3) is 0.455. The smallest absolute Gasteiger partial charge is 0.231 e. The molecule has 0 radical (unpaired) electrons. The van der Waals surface area contributed by atoms with E-state index >= 15 is 0 Å². The fourth-order valence-electron chi connectivity index (χ4n) is 2.20. The van der Waals surface area contributed by atoms with Gasteiger partial charge in [0.05, 0.1) is 5.56 Å². The Balaban J connectivity index is 2.23. The number of rotatable bonds is 2. The SMILES string of the molecule is NCC1(c2c(O)c(F)cc3c2OCO3)CC1. The van der Waals surface area contributed by atoms with Gasteiger partial charge in [0.1, 0.15) is 0 Å². The number of aromatic hydroxyl groups is 1. The van der Waals surface area contributed by atoms with Gasteiger partial charge in [-0.2, -0.15) is 0 Å². The Hall–Kier alpha value is -1.49. The van der Waals surface area contributed by atoms with Gasteiger partial charge < -0.3 is 20.3 Å². The minimum absolute atomic E-state index is 0.0614. The molecule has 1 aliphatic heterocycles. The van der Waals surface area contributed by atoms with Gasteiger partial charge in [0.25, 0.3) is 0 Å². The zero-order valence-corrected chi connectivity index (χ0v) is 8.62. The fourth-order valence-corrected chi connectivity index (χ4v) is 2.20. The number of hydrogen-bond donors (Lipinski definition) is 2. The molecule has 0 spiro atoms. The molecule has 0 saturated heterocycles. The number of phenolic OH excluding ortho intramolecular Hbond substituents is 1. The van der Waals surface area contributed by atoms with Gasteiger partial charge in [-0.3, -0.25) is 0 Å². The van der Waals surface area contributed by atoms with Gasteiger partial charge in [0.2, 0.25) is 6.79 Å². The highest BCUT2D eigenvalue weighted by Crippen LogP contribution is 2.57. The number of hydrogen-bond acceptors (Lipinski definition) is 4. The highest BCUT2D eigenvalue weighted by atomic mass is 19.1. The van der Waals surface area contributed by atoms with Gasteiger partial charge >= 0.3 is 0 Å². The maximum atomic E-state index is 13.5. The molecular weight excluding hydrogens is 213 g/mol. The second-order valence-electron chi connectivity index (χ2n) is 4.30. The minimum Gasteiger partial charge on any atom is -0.505 e. The molecule has 86 valence electrons. The number of ether oxygens (including phenoxy) is 2. The number of halogens is 1. The Morgan fingerprint density at radius 3 is 2.81 bits per heavy atom. The van der Waals surface area contributed by atoms with Crippen molar-refractivity contribution in [3.63, 3.8) is 0 Å². The molecule has 1 saturated carbocycles. The van der Waals surface area contributed by atoms with Gasteiger partial charge in [-0.1, -0.05) is 0 Å². The third-order valence-electron chi connectivity index (χ3n) is 3.36. The summed E-state index contributed by atoms with van der Waals surface area (Å²) in [6.45, 7) is 0.436. The first-order valence-electron chi connectivity index (χ1n) is 5.19. The summed E-state index contributed by atoms with van der Waals surface area (Å²) in [6, 6.07) is 1.15. The van der Waals surface area contributed by atoms with E-state index in [4.69, 9.17) is 15.2 Å². The van der Waals surface area contributed by atoms with E-state index in [1.807, 2.05) is 0 Å². The van der Waals surface area contributed by atoms with Crippen molar-refractivity contribution in [3.8, 4) is 17.2 Å². The molecule has 1 aliphatic carbocycles. The van der Waals surface area contributed by atoms with Gasteiger partial charge in [-0.05, 0) is 12.8 Å². The third kappa shape index (κ3) is 1.12. The second kappa shape index (κ2) is 3.01. The van der Waals surface area contributed by atoms with Crippen LogP contribution in [0, 0.1) is 5.82 Å². The summed E-state index contributed by atoms with van der Waals surface area (Å²) in [6.07, 6.45) is 1.69. The number of phenols is 1. The maximum absolute atomic E-state index is 13.5. The van der Waals surface area contributed by atoms with E-state index in [0.717, 1.165) is 18.9 Å². The molecule has 0 atom stereocenters. The molecule has 3 rings (SSSR count). The van der Waals surface area contributed by atoms with Crippen LogP contribution in [0.4, 0.5) is 4.39 Å². The number of nitrogens with two attached hydrogens (primary N) is 1. The first-order chi connectivity index (χ1) is 7.68.